The molecule has 5 nitrogen and oxygen atoms in total. The molecule has 0 aromatic carbocycles. The summed E-state index contributed by atoms with van der Waals surface area (Å²) in [5, 5.41) is 6.30. The van der Waals surface area contributed by atoms with Crippen molar-refractivity contribution in [1.29, 1.82) is 0 Å². The lowest BCUT2D eigenvalue weighted by Crippen LogP contribution is -2.24. The van der Waals surface area contributed by atoms with Gasteiger partial charge < -0.3 is 24.8 Å². The molecule has 0 aromatic rings. The second-order valence-electron chi connectivity index (χ2n) is 4.62. The van der Waals surface area contributed by atoms with Crippen molar-refractivity contribution in [3.63, 3.8) is 0 Å². The summed E-state index contributed by atoms with van der Waals surface area (Å²) in [6.45, 7) is 19.9. The fraction of sp³-hybridized carbons (Fsp3) is 0.875. The summed E-state index contributed by atoms with van der Waals surface area (Å²) in [6, 6.07) is 0. The standard InChI is InChI=1S/C14H30N2O3.C2H6/c1-5-16-14(4)19-11-10-18-9-8-17-7-6-15-12-13(2)3;1-2/h13,15-16H,4-12H2,1-3H3;1-2H3. The normalized spacial score (nSPS) is 10.0. The van der Waals surface area contributed by atoms with Gasteiger partial charge in [0.1, 0.15) is 6.61 Å². The molecular formula is C16H36N2O3. The van der Waals surface area contributed by atoms with Crippen LogP contribution in [-0.2, 0) is 14.2 Å². The molecule has 0 aliphatic carbocycles. The van der Waals surface area contributed by atoms with Crippen molar-refractivity contribution in [2.75, 3.05) is 52.7 Å². The molecule has 5 heteroatoms. The van der Waals surface area contributed by atoms with Gasteiger partial charge in [-0.3, -0.25) is 0 Å². The monoisotopic (exact) mass is 304 g/mol. The maximum absolute atomic E-state index is 5.42. The van der Waals surface area contributed by atoms with E-state index in [1.54, 1.807) is 0 Å². The van der Waals surface area contributed by atoms with Gasteiger partial charge in [-0.25, -0.2) is 0 Å². The predicted molar refractivity (Wildman–Crippen MR) is 89.5 cm³/mol. The molecule has 0 spiro atoms. The molecule has 0 aromatic heterocycles. The average molecular weight is 304 g/mol. The summed E-state index contributed by atoms with van der Waals surface area (Å²) in [7, 11) is 0. The highest BCUT2D eigenvalue weighted by atomic mass is 16.5. The highest BCUT2D eigenvalue weighted by molar-refractivity contribution is 4.77. The van der Waals surface area contributed by atoms with Crippen LogP contribution in [0, 0.1) is 5.92 Å². The summed E-state index contributed by atoms with van der Waals surface area (Å²) in [4.78, 5) is 0. The van der Waals surface area contributed by atoms with Gasteiger partial charge in [0.05, 0.1) is 26.4 Å². The summed E-state index contributed by atoms with van der Waals surface area (Å²) < 4.78 is 16.1. The predicted octanol–water partition coefficient (Wildman–Crippen LogP) is 2.39. The van der Waals surface area contributed by atoms with Crippen LogP contribution in [0.2, 0.25) is 0 Å². The minimum Gasteiger partial charge on any atom is -0.477 e. The van der Waals surface area contributed by atoms with Crippen molar-refractivity contribution < 1.29 is 14.2 Å². The van der Waals surface area contributed by atoms with E-state index >= 15 is 0 Å². The van der Waals surface area contributed by atoms with Crippen LogP contribution >= 0.6 is 0 Å². The van der Waals surface area contributed by atoms with Crippen molar-refractivity contribution in [1.82, 2.24) is 10.6 Å². The van der Waals surface area contributed by atoms with E-state index in [2.05, 4.69) is 31.1 Å². The maximum Gasteiger partial charge on any atom is 0.179 e. The van der Waals surface area contributed by atoms with E-state index in [0.717, 1.165) is 26.2 Å². The van der Waals surface area contributed by atoms with Crippen molar-refractivity contribution in [2.45, 2.75) is 34.6 Å². The Kier molecular flexibility index (Phi) is 20.6. The van der Waals surface area contributed by atoms with E-state index in [1.807, 2.05) is 20.8 Å². The zero-order chi connectivity index (χ0) is 16.3. The van der Waals surface area contributed by atoms with Crippen LogP contribution in [0.25, 0.3) is 0 Å². The van der Waals surface area contributed by atoms with E-state index in [4.69, 9.17) is 14.2 Å². The third-order valence-electron chi connectivity index (χ3n) is 2.23. The van der Waals surface area contributed by atoms with E-state index < -0.39 is 0 Å². The van der Waals surface area contributed by atoms with Crippen LogP contribution < -0.4 is 10.6 Å². The summed E-state index contributed by atoms with van der Waals surface area (Å²) in [5.74, 6) is 1.28. The van der Waals surface area contributed by atoms with Gasteiger partial charge in [0.15, 0.2) is 5.88 Å². The molecule has 0 saturated heterocycles. The van der Waals surface area contributed by atoms with Crippen LogP contribution in [0.3, 0.4) is 0 Å². The molecule has 0 radical (unpaired) electrons. The topological polar surface area (TPSA) is 51.8 Å². The Bertz CT molecular complexity index is 212. The van der Waals surface area contributed by atoms with Crippen LogP contribution in [0.5, 0.6) is 0 Å². The molecule has 0 rings (SSSR count). The molecule has 2 N–H and O–H groups in total. The van der Waals surface area contributed by atoms with E-state index in [0.29, 0.717) is 38.2 Å². The van der Waals surface area contributed by atoms with Gasteiger partial charge >= 0.3 is 0 Å². The second-order valence-corrected chi connectivity index (χ2v) is 4.62. The second kappa shape index (κ2) is 19.2. The number of ether oxygens (including phenoxy) is 3. The molecular weight excluding hydrogens is 268 g/mol. The van der Waals surface area contributed by atoms with Gasteiger partial charge in [0, 0.05) is 13.1 Å². The number of nitrogens with one attached hydrogen (secondary N) is 2. The Morgan fingerprint density at radius 3 is 2.14 bits per heavy atom. The lowest BCUT2D eigenvalue weighted by Gasteiger charge is -2.10. The van der Waals surface area contributed by atoms with Crippen LogP contribution in [-0.4, -0.2) is 52.7 Å². The number of hydrogen-bond acceptors (Lipinski definition) is 5. The first-order valence-corrected chi connectivity index (χ1v) is 8.08. The zero-order valence-electron chi connectivity index (χ0n) is 14.7. The molecule has 128 valence electrons. The summed E-state index contributed by atoms with van der Waals surface area (Å²) in [6.07, 6.45) is 0. The first-order valence-electron chi connectivity index (χ1n) is 8.08. The number of rotatable bonds is 14. The summed E-state index contributed by atoms with van der Waals surface area (Å²) in [5.41, 5.74) is 0. The maximum atomic E-state index is 5.42. The third kappa shape index (κ3) is 21.7. The highest BCUT2D eigenvalue weighted by Gasteiger charge is 1.94. The molecule has 0 atom stereocenters. The Morgan fingerprint density at radius 1 is 1.00 bits per heavy atom. The zero-order valence-corrected chi connectivity index (χ0v) is 14.7. The van der Waals surface area contributed by atoms with E-state index in [9.17, 15) is 0 Å². The Hall–Kier alpha value is -0.780. The number of hydrogen-bond donors (Lipinski definition) is 2. The Balaban J connectivity index is 0. The lowest BCUT2D eigenvalue weighted by atomic mass is 10.2. The molecule has 0 fully saturated rings. The van der Waals surface area contributed by atoms with Gasteiger partial charge in [-0.15, -0.1) is 0 Å². The molecule has 0 amide bonds. The largest absolute Gasteiger partial charge is 0.477 e. The van der Waals surface area contributed by atoms with Crippen LogP contribution in [0.15, 0.2) is 12.5 Å². The van der Waals surface area contributed by atoms with Crippen molar-refractivity contribution >= 4 is 0 Å². The molecule has 0 unspecified atom stereocenters. The Labute approximate surface area is 131 Å². The first-order chi connectivity index (χ1) is 10.2. The quantitative estimate of drug-likeness (QED) is 0.381. The lowest BCUT2D eigenvalue weighted by molar-refractivity contribution is 0.0260. The fourth-order valence-electron chi connectivity index (χ4n) is 1.33. The molecule has 0 bridgehead atoms. The van der Waals surface area contributed by atoms with E-state index in [-0.39, 0.29) is 0 Å². The van der Waals surface area contributed by atoms with Crippen molar-refractivity contribution in [3.8, 4) is 0 Å². The van der Waals surface area contributed by atoms with E-state index in [1.165, 1.54) is 0 Å². The molecule has 0 aliphatic rings. The molecule has 21 heavy (non-hydrogen) atoms. The molecule has 0 saturated carbocycles. The molecule has 0 aliphatic heterocycles. The Morgan fingerprint density at radius 2 is 1.57 bits per heavy atom. The average Bonchev–Trinajstić information content (AvgIpc) is 2.47. The van der Waals surface area contributed by atoms with Crippen LogP contribution in [0.4, 0.5) is 0 Å². The third-order valence-corrected chi connectivity index (χ3v) is 2.23. The van der Waals surface area contributed by atoms with Gasteiger partial charge in [-0.1, -0.05) is 27.7 Å². The first kappa shape index (κ1) is 22.5. The SMILES string of the molecule is C=C(NCC)OCCOCCOCCNCC(C)C.CC. The smallest absolute Gasteiger partial charge is 0.179 e. The fourth-order valence-corrected chi connectivity index (χ4v) is 1.33. The van der Waals surface area contributed by atoms with Crippen molar-refractivity contribution in [3.05, 3.63) is 12.5 Å². The van der Waals surface area contributed by atoms with Crippen LogP contribution in [0.1, 0.15) is 34.6 Å². The minimum absolute atomic E-state index is 0.516. The molecule has 0 heterocycles. The minimum atomic E-state index is 0.516. The van der Waals surface area contributed by atoms with Gasteiger partial charge in [0.2, 0.25) is 0 Å². The van der Waals surface area contributed by atoms with Gasteiger partial charge in [-0.05, 0) is 26.0 Å². The van der Waals surface area contributed by atoms with Gasteiger partial charge in [-0.2, -0.15) is 0 Å². The highest BCUT2D eigenvalue weighted by Crippen LogP contribution is 1.88. The van der Waals surface area contributed by atoms with Gasteiger partial charge in [0.25, 0.3) is 0 Å². The summed E-state index contributed by atoms with van der Waals surface area (Å²) >= 11 is 0. The van der Waals surface area contributed by atoms with Crippen molar-refractivity contribution in [2.24, 2.45) is 5.92 Å².